The van der Waals surface area contributed by atoms with Crippen molar-refractivity contribution >= 4 is 11.9 Å². The number of methoxy groups -OCH3 is 1. The minimum Gasteiger partial charge on any atom is -0.481 e. The number of nitrogens with one attached hydrogen (secondary N) is 1. The Morgan fingerprint density at radius 1 is 1.29 bits per heavy atom. The Morgan fingerprint density at radius 2 is 2.00 bits per heavy atom. The molecule has 1 saturated carbocycles. The molecule has 1 fully saturated rings. The van der Waals surface area contributed by atoms with Gasteiger partial charge in [-0.3, -0.25) is 9.59 Å². The fraction of sp³-hybridized carbons (Fsp3) is 0.500. The molecule has 5 heteroatoms. The molecule has 0 aliphatic heterocycles. The topological polar surface area (TPSA) is 75.6 Å². The highest BCUT2D eigenvalue weighted by Crippen LogP contribution is 2.24. The van der Waals surface area contributed by atoms with Gasteiger partial charge >= 0.3 is 5.97 Å². The van der Waals surface area contributed by atoms with E-state index in [1.54, 1.807) is 13.2 Å². The van der Waals surface area contributed by atoms with Crippen LogP contribution in [0.3, 0.4) is 0 Å². The second kappa shape index (κ2) is 7.22. The summed E-state index contributed by atoms with van der Waals surface area (Å²) in [5.74, 6) is -1.10. The molecule has 21 heavy (non-hydrogen) atoms. The Hall–Kier alpha value is -1.88. The molecule has 0 aromatic heterocycles. The molecule has 1 aromatic carbocycles. The van der Waals surface area contributed by atoms with E-state index in [0.717, 1.165) is 18.4 Å². The van der Waals surface area contributed by atoms with E-state index in [1.165, 1.54) is 0 Å². The Bertz CT molecular complexity index is 507. The number of ether oxygens (including phenoxy) is 1. The van der Waals surface area contributed by atoms with Crippen molar-refractivity contribution < 1.29 is 19.4 Å². The first-order valence-electron chi connectivity index (χ1n) is 7.21. The molecule has 2 N–H and O–H groups in total. The van der Waals surface area contributed by atoms with Crippen LogP contribution in [0.1, 0.15) is 41.6 Å². The molecular formula is C16H21NO4. The molecule has 0 bridgehead atoms. The minimum atomic E-state index is -0.730. The van der Waals surface area contributed by atoms with Gasteiger partial charge in [0.2, 0.25) is 0 Å². The maximum Gasteiger partial charge on any atom is 0.306 e. The van der Waals surface area contributed by atoms with Gasteiger partial charge in [0.1, 0.15) is 0 Å². The summed E-state index contributed by atoms with van der Waals surface area (Å²) >= 11 is 0. The van der Waals surface area contributed by atoms with Crippen molar-refractivity contribution in [3.05, 3.63) is 35.4 Å². The second-order valence-electron chi connectivity index (χ2n) is 5.49. The summed E-state index contributed by atoms with van der Waals surface area (Å²) in [6.45, 7) is 0.477. The summed E-state index contributed by atoms with van der Waals surface area (Å²) < 4.78 is 5.06. The van der Waals surface area contributed by atoms with Crippen LogP contribution >= 0.6 is 0 Å². The molecule has 1 aliphatic rings. The number of benzene rings is 1. The summed E-state index contributed by atoms with van der Waals surface area (Å²) in [6.07, 6.45) is 2.70. The molecule has 0 heterocycles. The van der Waals surface area contributed by atoms with Crippen LogP contribution in [-0.2, 0) is 16.1 Å². The van der Waals surface area contributed by atoms with Crippen LogP contribution in [0.25, 0.3) is 0 Å². The molecule has 1 aliphatic carbocycles. The van der Waals surface area contributed by atoms with E-state index in [2.05, 4.69) is 5.32 Å². The lowest BCUT2D eigenvalue weighted by Crippen LogP contribution is -2.38. The van der Waals surface area contributed by atoms with Gasteiger partial charge in [0.05, 0.1) is 12.5 Å². The number of aliphatic carboxylic acids is 1. The molecular weight excluding hydrogens is 270 g/mol. The van der Waals surface area contributed by atoms with Crippen LogP contribution < -0.4 is 5.32 Å². The smallest absolute Gasteiger partial charge is 0.306 e. The number of amides is 1. The maximum absolute atomic E-state index is 12.2. The summed E-state index contributed by atoms with van der Waals surface area (Å²) in [6, 6.07) is 7.42. The van der Waals surface area contributed by atoms with Crippen LogP contribution in [0.4, 0.5) is 0 Å². The molecule has 1 amide bonds. The van der Waals surface area contributed by atoms with Crippen molar-refractivity contribution in [2.24, 2.45) is 5.92 Å². The first kappa shape index (κ1) is 15.5. The van der Waals surface area contributed by atoms with E-state index < -0.39 is 5.97 Å². The average molecular weight is 291 g/mol. The average Bonchev–Trinajstić information content (AvgIpc) is 2.48. The lowest BCUT2D eigenvalue weighted by molar-refractivity contribution is -0.142. The van der Waals surface area contributed by atoms with Gasteiger partial charge < -0.3 is 15.2 Å². The third-order valence-electron chi connectivity index (χ3n) is 3.91. The van der Waals surface area contributed by atoms with E-state index in [-0.39, 0.29) is 17.9 Å². The summed E-state index contributed by atoms with van der Waals surface area (Å²) in [7, 11) is 1.62. The number of carbonyl (C=O) groups is 2. The minimum absolute atomic E-state index is 0.0687. The van der Waals surface area contributed by atoms with E-state index in [0.29, 0.717) is 25.0 Å². The normalized spacial score (nSPS) is 21.8. The molecule has 1 aromatic rings. The second-order valence-corrected chi connectivity index (χ2v) is 5.49. The number of carbonyl (C=O) groups excluding carboxylic acids is 1. The Kier molecular flexibility index (Phi) is 5.33. The van der Waals surface area contributed by atoms with Crippen molar-refractivity contribution in [1.82, 2.24) is 5.32 Å². The lowest BCUT2D eigenvalue weighted by atomic mass is 9.86. The Labute approximate surface area is 124 Å². The van der Waals surface area contributed by atoms with Crippen LogP contribution in [0, 0.1) is 5.92 Å². The molecule has 5 nitrogen and oxygen atoms in total. The van der Waals surface area contributed by atoms with Crippen molar-refractivity contribution in [2.45, 2.75) is 38.3 Å². The maximum atomic E-state index is 12.2. The molecule has 2 rings (SSSR count). The van der Waals surface area contributed by atoms with E-state index in [4.69, 9.17) is 9.84 Å². The van der Waals surface area contributed by atoms with Gasteiger partial charge in [-0.05, 0) is 43.4 Å². The van der Waals surface area contributed by atoms with Crippen LogP contribution in [0.15, 0.2) is 24.3 Å². The van der Waals surface area contributed by atoms with Crippen molar-refractivity contribution in [3.8, 4) is 0 Å². The monoisotopic (exact) mass is 291 g/mol. The predicted molar refractivity (Wildman–Crippen MR) is 78.0 cm³/mol. The first-order valence-corrected chi connectivity index (χ1v) is 7.21. The van der Waals surface area contributed by atoms with Gasteiger partial charge in [-0.2, -0.15) is 0 Å². The summed E-state index contributed by atoms with van der Waals surface area (Å²) in [4.78, 5) is 23.1. The highest BCUT2D eigenvalue weighted by atomic mass is 16.5. The zero-order valence-electron chi connectivity index (χ0n) is 12.2. The zero-order valence-corrected chi connectivity index (χ0v) is 12.2. The van der Waals surface area contributed by atoms with E-state index >= 15 is 0 Å². The summed E-state index contributed by atoms with van der Waals surface area (Å²) in [5.41, 5.74) is 1.57. The van der Waals surface area contributed by atoms with Gasteiger partial charge in [-0.1, -0.05) is 12.1 Å². The molecule has 114 valence electrons. The van der Waals surface area contributed by atoms with Crippen LogP contribution in [-0.4, -0.2) is 30.1 Å². The van der Waals surface area contributed by atoms with Crippen molar-refractivity contribution in [3.63, 3.8) is 0 Å². The molecule has 0 saturated heterocycles. The van der Waals surface area contributed by atoms with Gasteiger partial charge in [-0.15, -0.1) is 0 Å². The molecule has 0 spiro atoms. The van der Waals surface area contributed by atoms with E-state index in [9.17, 15) is 9.59 Å². The fourth-order valence-electron chi connectivity index (χ4n) is 2.72. The number of carboxylic acid groups (broad SMARTS) is 1. The van der Waals surface area contributed by atoms with Crippen molar-refractivity contribution in [2.75, 3.05) is 7.11 Å². The van der Waals surface area contributed by atoms with Crippen molar-refractivity contribution in [1.29, 1.82) is 0 Å². The third kappa shape index (κ3) is 4.29. The largest absolute Gasteiger partial charge is 0.481 e. The highest BCUT2D eigenvalue weighted by molar-refractivity contribution is 5.94. The molecule has 0 radical (unpaired) electrons. The number of hydrogen-bond donors (Lipinski definition) is 2. The van der Waals surface area contributed by atoms with Gasteiger partial charge in [0.25, 0.3) is 5.91 Å². The lowest BCUT2D eigenvalue weighted by Gasteiger charge is -2.26. The van der Waals surface area contributed by atoms with Crippen LogP contribution in [0.2, 0.25) is 0 Å². The van der Waals surface area contributed by atoms with Gasteiger partial charge in [0, 0.05) is 18.7 Å². The number of hydrogen-bond acceptors (Lipinski definition) is 3. The molecule has 0 unspecified atom stereocenters. The predicted octanol–water partition coefficient (Wildman–Crippen LogP) is 2.21. The van der Waals surface area contributed by atoms with E-state index in [1.807, 2.05) is 18.2 Å². The first-order chi connectivity index (χ1) is 10.1. The highest BCUT2D eigenvalue weighted by Gasteiger charge is 2.26. The fourth-order valence-corrected chi connectivity index (χ4v) is 2.72. The third-order valence-corrected chi connectivity index (χ3v) is 3.91. The Morgan fingerprint density at radius 3 is 2.62 bits per heavy atom. The standard InChI is InChI=1S/C16H21NO4/c1-21-10-11-3-2-4-13(9-11)15(18)17-14-7-5-12(6-8-14)16(19)20/h2-4,9,12,14H,5-8,10H2,1H3,(H,17,18)(H,19,20). The van der Waals surface area contributed by atoms with Gasteiger partial charge in [0.15, 0.2) is 0 Å². The van der Waals surface area contributed by atoms with Crippen LogP contribution in [0.5, 0.6) is 0 Å². The molecule has 0 atom stereocenters. The quantitative estimate of drug-likeness (QED) is 0.872. The SMILES string of the molecule is COCc1cccc(C(=O)NC2CCC(C(=O)O)CC2)c1. The number of carboxylic acids is 1. The number of rotatable bonds is 5. The summed E-state index contributed by atoms with van der Waals surface area (Å²) in [5, 5.41) is 12.0. The van der Waals surface area contributed by atoms with Gasteiger partial charge in [-0.25, -0.2) is 0 Å². The Balaban J connectivity index is 1.90. The zero-order chi connectivity index (χ0) is 15.2.